The highest BCUT2D eigenvalue weighted by atomic mass is 16.5. The van der Waals surface area contributed by atoms with Crippen LogP contribution < -0.4 is 16.1 Å². The normalized spacial score (nSPS) is 12.0. The van der Waals surface area contributed by atoms with E-state index in [2.05, 4.69) is 22.5 Å². The Bertz CT molecular complexity index is 1300. The molecule has 0 saturated heterocycles. The van der Waals surface area contributed by atoms with E-state index < -0.39 is 24.0 Å². The summed E-state index contributed by atoms with van der Waals surface area (Å²) in [7, 11) is 1.90. The van der Waals surface area contributed by atoms with Crippen LogP contribution in [0.3, 0.4) is 0 Å². The van der Waals surface area contributed by atoms with E-state index in [1.165, 1.54) is 12.4 Å². The number of hydrogen-bond donors (Lipinski definition) is 5. The molecule has 0 heterocycles. The lowest BCUT2D eigenvalue weighted by molar-refractivity contribution is -0.133. The van der Waals surface area contributed by atoms with Gasteiger partial charge in [-0.3, -0.25) is 24.5 Å². The molecule has 0 fully saturated rings. The molecule has 0 aliphatic rings. The minimum absolute atomic E-state index is 0.108. The fourth-order valence-electron chi connectivity index (χ4n) is 3.58. The molecule has 196 valence electrons. The third-order valence-corrected chi connectivity index (χ3v) is 5.54. The van der Waals surface area contributed by atoms with Crippen LogP contribution in [-0.4, -0.2) is 58.7 Å². The van der Waals surface area contributed by atoms with Crippen LogP contribution >= 0.6 is 0 Å². The van der Waals surface area contributed by atoms with E-state index in [0.717, 1.165) is 11.1 Å². The van der Waals surface area contributed by atoms with Gasteiger partial charge in [0.05, 0.1) is 12.6 Å². The van der Waals surface area contributed by atoms with Gasteiger partial charge in [-0.05, 0) is 68.1 Å². The molecule has 3 aromatic rings. The second kappa shape index (κ2) is 13.7. The molecule has 0 radical (unpaired) electrons. The number of nitrogens with zero attached hydrogens (tertiary/aromatic N) is 1. The minimum Gasteiger partial charge on any atom is -0.391 e. The number of benzene rings is 3. The summed E-state index contributed by atoms with van der Waals surface area (Å²) in [5.41, 5.74) is 4.92. The third kappa shape index (κ3) is 8.57. The molecule has 38 heavy (non-hydrogen) atoms. The Balaban J connectivity index is 1.53. The summed E-state index contributed by atoms with van der Waals surface area (Å²) in [5.74, 6) is 4.44. The Morgan fingerprint density at radius 2 is 1.47 bits per heavy atom. The van der Waals surface area contributed by atoms with Gasteiger partial charge in [-0.15, -0.1) is 0 Å². The standard InChI is InChI=1S/C29H30N4O5/c1-20(34)27(29(37)32-38)31-28(36)24-14-10-21(11-15-24)8-9-22-12-16-25(17-13-22)30-26(35)19-33(2)18-23-6-4-3-5-7-23/h3-7,10-17,20,27,34,38H,18-19H2,1-2H3,(H,30,35)(H,31,36)(H,32,37)/t20-,27+/m1/s1. The lowest BCUT2D eigenvalue weighted by Gasteiger charge is -2.19. The van der Waals surface area contributed by atoms with Crippen molar-refractivity contribution in [3.05, 3.63) is 101 Å². The van der Waals surface area contributed by atoms with Gasteiger partial charge in [-0.1, -0.05) is 42.2 Å². The zero-order valence-corrected chi connectivity index (χ0v) is 21.1. The molecular formula is C29H30N4O5. The first-order valence-electron chi connectivity index (χ1n) is 11.9. The molecule has 0 unspecified atom stereocenters. The molecule has 2 atom stereocenters. The number of nitrogens with one attached hydrogen (secondary N) is 3. The van der Waals surface area contributed by atoms with Crippen molar-refractivity contribution in [1.29, 1.82) is 0 Å². The van der Waals surface area contributed by atoms with Gasteiger partial charge in [0.25, 0.3) is 11.8 Å². The van der Waals surface area contributed by atoms with Gasteiger partial charge >= 0.3 is 0 Å². The van der Waals surface area contributed by atoms with E-state index in [-0.39, 0.29) is 18.0 Å². The Morgan fingerprint density at radius 3 is 2.03 bits per heavy atom. The van der Waals surface area contributed by atoms with Gasteiger partial charge in [0.15, 0.2) is 0 Å². The third-order valence-electron chi connectivity index (χ3n) is 5.54. The van der Waals surface area contributed by atoms with Crippen molar-refractivity contribution in [1.82, 2.24) is 15.7 Å². The monoisotopic (exact) mass is 514 g/mol. The maximum absolute atomic E-state index is 12.4. The van der Waals surface area contributed by atoms with Gasteiger partial charge in [-0.2, -0.15) is 0 Å². The highest BCUT2D eigenvalue weighted by Gasteiger charge is 2.25. The van der Waals surface area contributed by atoms with Crippen LogP contribution in [0.15, 0.2) is 78.9 Å². The van der Waals surface area contributed by atoms with Crippen molar-refractivity contribution in [2.45, 2.75) is 25.6 Å². The van der Waals surface area contributed by atoms with Crippen molar-refractivity contribution >= 4 is 23.4 Å². The second-order valence-corrected chi connectivity index (χ2v) is 8.78. The first kappa shape index (κ1) is 28.1. The van der Waals surface area contributed by atoms with Gasteiger partial charge in [0, 0.05) is 28.9 Å². The first-order chi connectivity index (χ1) is 18.2. The number of rotatable bonds is 9. The lowest BCUT2D eigenvalue weighted by Crippen LogP contribution is -2.51. The fourth-order valence-corrected chi connectivity index (χ4v) is 3.58. The van der Waals surface area contributed by atoms with Crippen LogP contribution in [0.5, 0.6) is 0 Å². The van der Waals surface area contributed by atoms with E-state index in [1.807, 2.05) is 42.3 Å². The quantitative estimate of drug-likeness (QED) is 0.169. The predicted octanol–water partition coefficient (Wildman–Crippen LogP) is 2.14. The summed E-state index contributed by atoms with van der Waals surface area (Å²) < 4.78 is 0. The number of hydrogen-bond acceptors (Lipinski definition) is 6. The van der Waals surface area contributed by atoms with Crippen LogP contribution in [0, 0.1) is 11.8 Å². The molecule has 3 rings (SSSR count). The molecule has 3 aromatic carbocycles. The van der Waals surface area contributed by atoms with Crippen LogP contribution in [0.1, 0.15) is 34.0 Å². The molecule has 5 N–H and O–H groups in total. The second-order valence-electron chi connectivity index (χ2n) is 8.78. The average Bonchev–Trinajstić information content (AvgIpc) is 2.91. The highest BCUT2D eigenvalue weighted by molar-refractivity contribution is 5.97. The molecular weight excluding hydrogens is 484 g/mol. The van der Waals surface area contributed by atoms with Crippen LogP contribution in [0.4, 0.5) is 5.69 Å². The number of aliphatic hydroxyl groups is 1. The Hall–Kier alpha value is -4.49. The van der Waals surface area contributed by atoms with Crippen molar-refractivity contribution in [3.8, 4) is 11.8 Å². The van der Waals surface area contributed by atoms with Gasteiger partial charge in [0.1, 0.15) is 6.04 Å². The molecule has 0 saturated carbocycles. The van der Waals surface area contributed by atoms with E-state index >= 15 is 0 Å². The number of hydroxylamine groups is 1. The molecule has 3 amide bonds. The fraction of sp³-hybridized carbons (Fsp3) is 0.207. The van der Waals surface area contributed by atoms with Crippen LogP contribution in [0.25, 0.3) is 0 Å². The Kier molecular flexibility index (Phi) is 10.1. The zero-order chi connectivity index (χ0) is 27.5. The first-order valence-corrected chi connectivity index (χ1v) is 11.9. The summed E-state index contributed by atoms with van der Waals surface area (Å²) in [6, 6.07) is 22.2. The zero-order valence-electron chi connectivity index (χ0n) is 21.1. The van der Waals surface area contributed by atoms with Crippen molar-refractivity contribution in [3.63, 3.8) is 0 Å². The Labute approximate surface area is 221 Å². The summed E-state index contributed by atoms with van der Waals surface area (Å²) in [6.07, 6.45) is -1.20. The summed E-state index contributed by atoms with van der Waals surface area (Å²) in [6.45, 7) is 2.27. The Morgan fingerprint density at radius 1 is 0.895 bits per heavy atom. The number of anilines is 1. The van der Waals surface area contributed by atoms with Crippen LogP contribution in [-0.2, 0) is 16.1 Å². The molecule has 0 spiro atoms. The van der Waals surface area contributed by atoms with Gasteiger partial charge in [-0.25, -0.2) is 5.48 Å². The summed E-state index contributed by atoms with van der Waals surface area (Å²) >= 11 is 0. The van der Waals surface area contributed by atoms with Crippen molar-refractivity contribution < 1.29 is 24.7 Å². The van der Waals surface area contributed by atoms with Crippen molar-refractivity contribution in [2.24, 2.45) is 0 Å². The molecule has 0 aliphatic heterocycles. The van der Waals surface area contributed by atoms with E-state index in [1.54, 1.807) is 48.5 Å². The minimum atomic E-state index is -1.30. The number of aliphatic hydroxyl groups excluding tert-OH is 1. The highest BCUT2D eigenvalue weighted by Crippen LogP contribution is 2.10. The SMILES string of the molecule is C[C@@H](O)[C@H](NC(=O)c1ccc(C#Cc2ccc(NC(=O)CN(C)Cc3ccccc3)cc2)cc1)C(=O)NO. The lowest BCUT2D eigenvalue weighted by atomic mass is 10.1. The molecule has 9 heteroatoms. The molecule has 0 aliphatic carbocycles. The number of amides is 3. The largest absolute Gasteiger partial charge is 0.391 e. The summed E-state index contributed by atoms with van der Waals surface area (Å²) in [5, 5.41) is 23.7. The molecule has 0 aromatic heterocycles. The maximum Gasteiger partial charge on any atom is 0.268 e. The number of carbonyl (C=O) groups excluding carboxylic acids is 3. The van der Waals surface area contributed by atoms with Gasteiger partial charge < -0.3 is 15.7 Å². The summed E-state index contributed by atoms with van der Waals surface area (Å²) in [4.78, 5) is 38.3. The van der Waals surface area contributed by atoms with Crippen molar-refractivity contribution in [2.75, 3.05) is 18.9 Å². The smallest absolute Gasteiger partial charge is 0.268 e. The van der Waals surface area contributed by atoms with E-state index in [0.29, 0.717) is 17.8 Å². The topological polar surface area (TPSA) is 131 Å². The van der Waals surface area contributed by atoms with E-state index in [4.69, 9.17) is 5.21 Å². The maximum atomic E-state index is 12.4. The number of carbonyl (C=O) groups is 3. The van der Waals surface area contributed by atoms with Gasteiger partial charge in [0.2, 0.25) is 5.91 Å². The average molecular weight is 515 g/mol. The predicted molar refractivity (Wildman–Crippen MR) is 143 cm³/mol. The number of likely N-dealkylation sites (N-methyl/N-ethyl adjacent to an activating group) is 1. The molecule has 0 bridgehead atoms. The van der Waals surface area contributed by atoms with E-state index in [9.17, 15) is 19.5 Å². The molecule has 9 nitrogen and oxygen atoms in total. The van der Waals surface area contributed by atoms with Crippen LogP contribution in [0.2, 0.25) is 0 Å².